The van der Waals surface area contributed by atoms with Crippen LogP contribution in [0.5, 0.6) is 0 Å². The van der Waals surface area contributed by atoms with Crippen LogP contribution in [0, 0.1) is 18.6 Å². The van der Waals surface area contributed by atoms with Gasteiger partial charge in [0.15, 0.2) is 0 Å². The Balaban J connectivity index is 1.39. The second-order valence-electron chi connectivity index (χ2n) is 7.65. The fourth-order valence-corrected chi connectivity index (χ4v) is 3.65. The smallest absolute Gasteiger partial charge is 0.255 e. The number of hydrogen-bond acceptors (Lipinski definition) is 4. The van der Waals surface area contributed by atoms with Crippen molar-refractivity contribution >= 4 is 11.6 Å². The van der Waals surface area contributed by atoms with Crippen LogP contribution >= 0.6 is 0 Å². The lowest BCUT2D eigenvalue weighted by Gasteiger charge is -2.07. The Morgan fingerprint density at radius 3 is 2.44 bits per heavy atom. The van der Waals surface area contributed by atoms with Crippen molar-refractivity contribution in [2.45, 2.75) is 6.92 Å². The third-order valence-electron chi connectivity index (χ3n) is 5.31. The van der Waals surface area contributed by atoms with Crippen molar-refractivity contribution < 1.29 is 18.1 Å². The van der Waals surface area contributed by atoms with Crippen LogP contribution in [0.3, 0.4) is 0 Å². The maximum atomic E-state index is 13.7. The number of carbonyl (C=O) groups excluding carboxylic acids is 1. The summed E-state index contributed by atoms with van der Waals surface area (Å²) >= 11 is 0. The van der Waals surface area contributed by atoms with Crippen molar-refractivity contribution in [3.05, 3.63) is 108 Å². The number of hydrogen-bond donors (Lipinski definition) is 1. The van der Waals surface area contributed by atoms with Gasteiger partial charge in [-0.05, 0) is 61.5 Å². The molecule has 34 heavy (non-hydrogen) atoms. The van der Waals surface area contributed by atoms with Crippen LogP contribution in [-0.2, 0) is 0 Å². The number of amides is 1. The van der Waals surface area contributed by atoms with E-state index in [1.165, 1.54) is 30.3 Å². The molecule has 0 atom stereocenters. The molecular formula is C26H18F2N4O2. The van der Waals surface area contributed by atoms with E-state index in [9.17, 15) is 13.6 Å². The van der Waals surface area contributed by atoms with Gasteiger partial charge in [0.1, 0.15) is 23.1 Å². The topological polar surface area (TPSA) is 73.0 Å². The van der Waals surface area contributed by atoms with Crippen molar-refractivity contribution in [2.75, 3.05) is 5.32 Å². The molecule has 2 heterocycles. The van der Waals surface area contributed by atoms with E-state index < -0.39 is 5.82 Å². The monoisotopic (exact) mass is 456 g/mol. The summed E-state index contributed by atoms with van der Waals surface area (Å²) in [5.74, 6) is -0.569. The average Bonchev–Trinajstić information content (AvgIpc) is 3.46. The highest BCUT2D eigenvalue weighted by molar-refractivity contribution is 6.04. The first-order valence-electron chi connectivity index (χ1n) is 10.4. The maximum absolute atomic E-state index is 13.7. The minimum absolute atomic E-state index is 0.344. The standard InChI is InChI=1S/C26H18F2N4O2/c1-16-24(25(31-34-16)18-4-2-5-19(27)12-18)23-14-32(15-29-23)22-10-8-17(9-11-22)26(33)30-21-7-3-6-20(28)13-21/h2-15H,1H3,(H,30,33). The van der Waals surface area contributed by atoms with Crippen molar-refractivity contribution in [1.82, 2.24) is 14.7 Å². The van der Waals surface area contributed by atoms with Gasteiger partial charge >= 0.3 is 0 Å². The first-order chi connectivity index (χ1) is 16.5. The van der Waals surface area contributed by atoms with Gasteiger partial charge in [-0.15, -0.1) is 0 Å². The van der Waals surface area contributed by atoms with Gasteiger partial charge in [-0.25, -0.2) is 13.8 Å². The minimum Gasteiger partial charge on any atom is -0.360 e. The van der Waals surface area contributed by atoms with Gasteiger partial charge in [0.2, 0.25) is 0 Å². The number of nitrogens with one attached hydrogen (secondary N) is 1. The Morgan fingerprint density at radius 2 is 1.71 bits per heavy atom. The van der Waals surface area contributed by atoms with Gasteiger partial charge in [0.25, 0.3) is 5.91 Å². The molecular weight excluding hydrogens is 438 g/mol. The number of aromatic nitrogens is 3. The van der Waals surface area contributed by atoms with Gasteiger partial charge < -0.3 is 14.4 Å². The van der Waals surface area contributed by atoms with E-state index in [1.807, 2.05) is 6.20 Å². The number of aryl methyl sites for hydroxylation is 1. The summed E-state index contributed by atoms with van der Waals surface area (Å²) < 4.78 is 34.2. The van der Waals surface area contributed by atoms with Crippen LogP contribution in [-0.4, -0.2) is 20.6 Å². The van der Waals surface area contributed by atoms with Crippen LogP contribution in [0.4, 0.5) is 14.5 Å². The zero-order chi connectivity index (χ0) is 23.7. The third-order valence-corrected chi connectivity index (χ3v) is 5.31. The zero-order valence-corrected chi connectivity index (χ0v) is 18.0. The van der Waals surface area contributed by atoms with Crippen LogP contribution in [0.2, 0.25) is 0 Å². The zero-order valence-electron chi connectivity index (χ0n) is 18.0. The largest absolute Gasteiger partial charge is 0.360 e. The molecule has 0 radical (unpaired) electrons. The van der Waals surface area contributed by atoms with E-state index in [2.05, 4.69) is 15.5 Å². The molecule has 2 aromatic heterocycles. The van der Waals surface area contributed by atoms with Gasteiger partial charge in [0.05, 0.1) is 17.6 Å². The summed E-state index contributed by atoms with van der Waals surface area (Å²) in [6, 6.07) is 18.7. The Labute approximate surface area is 193 Å². The van der Waals surface area contributed by atoms with Gasteiger partial charge in [0, 0.05) is 28.7 Å². The summed E-state index contributed by atoms with van der Waals surface area (Å²) in [6.45, 7) is 1.77. The van der Waals surface area contributed by atoms with Gasteiger partial charge in [-0.2, -0.15) is 0 Å². The molecule has 0 unspecified atom stereocenters. The van der Waals surface area contributed by atoms with Gasteiger partial charge in [-0.1, -0.05) is 23.4 Å². The first kappa shape index (κ1) is 21.3. The molecule has 0 fully saturated rings. The van der Waals surface area contributed by atoms with Crippen LogP contribution in [0.15, 0.2) is 89.8 Å². The van der Waals surface area contributed by atoms with Crippen molar-refractivity contribution in [3.63, 3.8) is 0 Å². The number of imidazole rings is 1. The second-order valence-corrected chi connectivity index (χ2v) is 7.65. The van der Waals surface area contributed by atoms with Gasteiger partial charge in [-0.3, -0.25) is 4.79 Å². The molecule has 0 aliphatic heterocycles. The van der Waals surface area contributed by atoms with E-state index in [0.717, 1.165) is 5.69 Å². The molecule has 0 saturated heterocycles. The maximum Gasteiger partial charge on any atom is 0.255 e. The van der Waals surface area contributed by atoms with Crippen molar-refractivity contribution in [1.29, 1.82) is 0 Å². The summed E-state index contributed by atoms with van der Waals surface area (Å²) in [5.41, 5.74) is 3.98. The molecule has 1 amide bonds. The number of nitrogens with zero attached hydrogens (tertiary/aromatic N) is 3. The number of rotatable bonds is 5. The van der Waals surface area contributed by atoms with E-state index in [0.29, 0.717) is 39.5 Å². The minimum atomic E-state index is -0.423. The fraction of sp³-hybridized carbons (Fsp3) is 0.0385. The second kappa shape index (κ2) is 8.74. The predicted molar refractivity (Wildman–Crippen MR) is 124 cm³/mol. The van der Waals surface area contributed by atoms with Crippen LogP contribution < -0.4 is 5.32 Å². The van der Waals surface area contributed by atoms with E-state index in [4.69, 9.17) is 4.52 Å². The van der Waals surface area contributed by atoms with E-state index in [1.54, 1.807) is 60.3 Å². The summed E-state index contributed by atoms with van der Waals surface area (Å²) in [7, 11) is 0. The Hall–Kier alpha value is -4.59. The molecule has 0 aliphatic carbocycles. The molecule has 1 N–H and O–H groups in total. The lowest BCUT2D eigenvalue weighted by atomic mass is 10.0. The molecule has 0 saturated carbocycles. The normalized spacial score (nSPS) is 10.9. The highest BCUT2D eigenvalue weighted by Gasteiger charge is 2.19. The fourth-order valence-electron chi connectivity index (χ4n) is 3.65. The van der Waals surface area contributed by atoms with Crippen molar-refractivity contribution in [3.8, 4) is 28.2 Å². The molecule has 0 spiro atoms. The Morgan fingerprint density at radius 1 is 0.971 bits per heavy atom. The third kappa shape index (κ3) is 4.21. The Bertz CT molecular complexity index is 1490. The molecule has 0 bridgehead atoms. The number of carbonyl (C=O) groups is 1. The predicted octanol–water partition coefficient (Wildman–Crippen LogP) is 6.03. The molecule has 3 aromatic carbocycles. The lowest BCUT2D eigenvalue weighted by Crippen LogP contribution is -2.12. The number of anilines is 1. The van der Waals surface area contributed by atoms with Crippen LogP contribution in [0.25, 0.3) is 28.2 Å². The average molecular weight is 456 g/mol. The molecule has 168 valence electrons. The van der Waals surface area contributed by atoms with Crippen LogP contribution in [0.1, 0.15) is 16.1 Å². The SMILES string of the molecule is Cc1onc(-c2cccc(F)c2)c1-c1cn(-c2ccc(C(=O)Nc3cccc(F)c3)cc2)cn1. The highest BCUT2D eigenvalue weighted by atomic mass is 19.1. The van der Waals surface area contributed by atoms with Crippen molar-refractivity contribution in [2.24, 2.45) is 0 Å². The highest BCUT2D eigenvalue weighted by Crippen LogP contribution is 2.33. The Kier molecular flexibility index (Phi) is 5.47. The molecule has 0 aliphatic rings. The quantitative estimate of drug-likeness (QED) is 0.350. The summed E-state index contributed by atoms with van der Waals surface area (Å²) in [4.78, 5) is 17.0. The number of benzene rings is 3. The molecule has 5 aromatic rings. The van der Waals surface area contributed by atoms with E-state index in [-0.39, 0.29) is 11.7 Å². The summed E-state index contributed by atoms with van der Waals surface area (Å²) in [6.07, 6.45) is 3.45. The van der Waals surface area contributed by atoms with E-state index >= 15 is 0 Å². The number of halogens is 2. The molecule has 5 rings (SSSR count). The molecule has 8 heteroatoms. The molecule has 6 nitrogen and oxygen atoms in total. The first-order valence-corrected chi connectivity index (χ1v) is 10.4. The lowest BCUT2D eigenvalue weighted by molar-refractivity contribution is 0.102. The summed E-state index contributed by atoms with van der Waals surface area (Å²) in [5, 5.41) is 6.77.